The van der Waals surface area contributed by atoms with Crippen molar-refractivity contribution in [1.29, 1.82) is 0 Å². The maximum atomic E-state index is 6.30. The number of fused-ring (bicyclic) bond motifs is 3. The van der Waals surface area contributed by atoms with Gasteiger partial charge in [-0.05, 0) is 57.4 Å². The molecular formula is C25H30N2O. The Kier molecular flexibility index (Phi) is 6.13. The Hall–Kier alpha value is -2.68. The van der Waals surface area contributed by atoms with Crippen molar-refractivity contribution < 1.29 is 4.42 Å². The highest BCUT2D eigenvalue weighted by Crippen LogP contribution is 2.33. The fourth-order valence-corrected chi connectivity index (χ4v) is 3.56. The lowest BCUT2D eigenvalue weighted by Gasteiger charge is -2.12. The van der Waals surface area contributed by atoms with E-state index >= 15 is 0 Å². The number of aromatic nitrogens is 1. The van der Waals surface area contributed by atoms with E-state index in [-0.39, 0.29) is 0 Å². The molecule has 0 fully saturated rings. The van der Waals surface area contributed by atoms with E-state index in [0.29, 0.717) is 5.71 Å². The fraction of sp³-hybridized carbons (Fsp3) is 0.360. The molecule has 3 aromatic rings. The van der Waals surface area contributed by atoms with Gasteiger partial charge < -0.3 is 4.42 Å². The summed E-state index contributed by atoms with van der Waals surface area (Å²) in [6.45, 7) is 14.7. The van der Waals surface area contributed by atoms with E-state index in [4.69, 9.17) is 9.41 Å². The van der Waals surface area contributed by atoms with E-state index in [1.165, 1.54) is 11.1 Å². The van der Waals surface area contributed by atoms with Gasteiger partial charge in [-0.2, -0.15) is 0 Å². The molecule has 0 unspecified atom stereocenters. The van der Waals surface area contributed by atoms with Crippen LogP contribution in [0.15, 0.2) is 57.6 Å². The molecule has 0 amide bonds. The molecule has 1 aromatic carbocycles. The summed E-state index contributed by atoms with van der Waals surface area (Å²) < 4.78 is 6.30. The minimum atomic E-state index is 0.689. The van der Waals surface area contributed by atoms with Crippen LogP contribution < -0.4 is 0 Å². The lowest BCUT2D eigenvalue weighted by molar-refractivity contribution is 0.651. The van der Waals surface area contributed by atoms with Crippen LogP contribution >= 0.6 is 0 Å². The minimum Gasteiger partial charge on any atom is -0.437 e. The number of rotatable bonds is 7. The number of furan rings is 1. The molecule has 0 bridgehead atoms. The second-order valence-corrected chi connectivity index (χ2v) is 7.67. The molecule has 0 aliphatic heterocycles. The van der Waals surface area contributed by atoms with Gasteiger partial charge in [-0.25, -0.2) is 4.98 Å². The van der Waals surface area contributed by atoms with Gasteiger partial charge >= 0.3 is 0 Å². The molecule has 0 saturated heterocycles. The molecular weight excluding hydrogens is 344 g/mol. The van der Waals surface area contributed by atoms with Crippen molar-refractivity contribution in [3.63, 3.8) is 0 Å². The van der Waals surface area contributed by atoms with Crippen LogP contribution in [0.5, 0.6) is 0 Å². The standard InChI is InChI=1S/C25H30N2O/c1-7-9-17(5)26-22(15-16(3)4)23-19(10-8-2)12-14-20-21-13-11-18(6)27-25(21)28-24(20)23/h11-15H,5,7-10H2,1-4,6H3/b26-22-. The summed E-state index contributed by atoms with van der Waals surface area (Å²) in [7, 11) is 0. The number of hydrogen-bond donors (Lipinski definition) is 0. The van der Waals surface area contributed by atoms with Crippen LogP contribution in [0.2, 0.25) is 0 Å². The lowest BCUT2D eigenvalue weighted by Crippen LogP contribution is -2.05. The van der Waals surface area contributed by atoms with Crippen molar-refractivity contribution in [3.8, 4) is 0 Å². The van der Waals surface area contributed by atoms with E-state index in [0.717, 1.165) is 64.7 Å². The number of pyridine rings is 1. The third-order valence-electron chi connectivity index (χ3n) is 4.75. The summed E-state index contributed by atoms with van der Waals surface area (Å²) >= 11 is 0. The Balaban J connectivity index is 2.36. The fourth-order valence-electron chi connectivity index (χ4n) is 3.56. The SMILES string of the molecule is C=C(CCC)/N=C(/C=C(C)C)c1c(CCC)ccc2c1oc1nc(C)ccc12. The smallest absolute Gasteiger partial charge is 0.227 e. The number of aryl methyl sites for hydroxylation is 2. The van der Waals surface area contributed by atoms with Crippen LogP contribution in [-0.2, 0) is 6.42 Å². The first kappa shape index (κ1) is 20.1. The molecule has 2 aromatic heterocycles. The monoisotopic (exact) mass is 374 g/mol. The molecule has 3 nitrogen and oxygen atoms in total. The van der Waals surface area contributed by atoms with Crippen LogP contribution in [0, 0.1) is 6.92 Å². The maximum absolute atomic E-state index is 6.30. The number of hydrogen-bond acceptors (Lipinski definition) is 3. The number of benzene rings is 1. The Morgan fingerprint density at radius 1 is 1.11 bits per heavy atom. The second-order valence-electron chi connectivity index (χ2n) is 7.67. The van der Waals surface area contributed by atoms with Crippen LogP contribution in [0.25, 0.3) is 22.1 Å². The van der Waals surface area contributed by atoms with Crippen molar-refractivity contribution in [2.75, 3.05) is 0 Å². The molecule has 0 aliphatic carbocycles. The largest absolute Gasteiger partial charge is 0.437 e. The topological polar surface area (TPSA) is 38.4 Å². The molecule has 0 saturated carbocycles. The third kappa shape index (κ3) is 4.09. The van der Waals surface area contributed by atoms with Gasteiger partial charge in [0.05, 0.1) is 5.71 Å². The van der Waals surface area contributed by atoms with Gasteiger partial charge in [0, 0.05) is 27.7 Å². The summed E-state index contributed by atoms with van der Waals surface area (Å²) in [5, 5.41) is 2.14. The Morgan fingerprint density at radius 2 is 1.86 bits per heavy atom. The molecule has 3 heteroatoms. The first-order valence-electron chi connectivity index (χ1n) is 10.2. The van der Waals surface area contributed by atoms with Gasteiger partial charge in [-0.1, -0.05) is 51.0 Å². The summed E-state index contributed by atoms with van der Waals surface area (Å²) in [4.78, 5) is 9.52. The average molecular weight is 375 g/mol. The number of nitrogens with zero attached hydrogens (tertiary/aromatic N) is 2. The predicted octanol–water partition coefficient (Wildman–Crippen LogP) is 7.31. The summed E-state index contributed by atoms with van der Waals surface area (Å²) in [5.41, 5.74) is 7.89. The number of allylic oxidation sites excluding steroid dienone is 3. The molecule has 0 N–H and O–H groups in total. The van der Waals surface area contributed by atoms with Gasteiger partial charge in [0.2, 0.25) is 5.71 Å². The highest BCUT2D eigenvalue weighted by atomic mass is 16.3. The van der Waals surface area contributed by atoms with Crippen LogP contribution in [0.4, 0.5) is 0 Å². The predicted molar refractivity (Wildman–Crippen MR) is 120 cm³/mol. The van der Waals surface area contributed by atoms with Gasteiger partial charge in [0.25, 0.3) is 0 Å². The van der Waals surface area contributed by atoms with Crippen molar-refractivity contribution in [3.05, 3.63) is 65.0 Å². The van der Waals surface area contributed by atoms with E-state index in [2.05, 4.69) is 63.5 Å². The first-order valence-corrected chi connectivity index (χ1v) is 10.2. The zero-order chi connectivity index (χ0) is 20.3. The normalized spacial score (nSPS) is 12.0. The van der Waals surface area contributed by atoms with Crippen molar-refractivity contribution >= 4 is 27.8 Å². The van der Waals surface area contributed by atoms with E-state index in [9.17, 15) is 0 Å². The molecule has 28 heavy (non-hydrogen) atoms. The Bertz CT molecular complexity index is 1080. The second kappa shape index (κ2) is 8.55. The van der Waals surface area contributed by atoms with Crippen molar-refractivity contribution in [2.45, 2.75) is 60.3 Å². The zero-order valence-electron chi connectivity index (χ0n) is 17.7. The molecule has 2 heterocycles. The number of aliphatic imine (C=N–C) groups is 1. The van der Waals surface area contributed by atoms with Crippen LogP contribution in [0.3, 0.4) is 0 Å². The van der Waals surface area contributed by atoms with E-state index in [1.54, 1.807) is 0 Å². The van der Waals surface area contributed by atoms with Gasteiger partial charge in [-0.15, -0.1) is 0 Å². The maximum Gasteiger partial charge on any atom is 0.227 e. The molecule has 3 rings (SSSR count). The van der Waals surface area contributed by atoms with E-state index in [1.807, 2.05) is 13.0 Å². The van der Waals surface area contributed by atoms with E-state index < -0.39 is 0 Å². The first-order chi connectivity index (χ1) is 13.4. The van der Waals surface area contributed by atoms with Crippen LogP contribution in [-0.4, -0.2) is 10.7 Å². The Labute approximate surface area is 167 Å². The van der Waals surface area contributed by atoms with Gasteiger partial charge in [0.15, 0.2) is 0 Å². The highest BCUT2D eigenvalue weighted by Gasteiger charge is 2.18. The quantitative estimate of drug-likeness (QED) is 0.407. The molecule has 0 aliphatic rings. The highest BCUT2D eigenvalue weighted by molar-refractivity contribution is 6.20. The molecule has 0 spiro atoms. The van der Waals surface area contributed by atoms with Gasteiger partial charge in [-0.3, -0.25) is 4.99 Å². The Morgan fingerprint density at radius 3 is 2.54 bits per heavy atom. The zero-order valence-corrected chi connectivity index (χ0v) is 17.7. The molecule has 146 valence electrons. The van der Waals surface area contributed by atoms with Crippen LogP contribution in [0.1, 0.15) is 63.8 Å². The lowest BCUT2D eigenvalue weighted by atomic mass is 9.95. The molecule has 0 radical (unpaired) electrons. The summed E-state index contributed by atoms with van der Waals surface area (Å²) in [6, 6.07) is 8.51. The van der Waals surface area contributed by atoms with Gasteiger partial charge in [0.1, 0.15) is 5.58 Å². The molecule has 0 atom stereocenters. The average Bonchev–Trinajstić information content (AvgIpc) is 2.98. The summed E-state index contributed by atoms with van der Waals surface area (Å²) in [6.07, 6.45) is 6.10. The summed E-state index contributed by atoms with van der Waals surface area (Å²) in [5.74, 6) is 0. The van der Waals surface area contributed by atoms with Crippen molar-refractivity contribution in [1.82, 2.24) is 4.98 Å². The van der Waals surface area contributed by atoms with Crippen molar-refractivity contribution in [2.24, 2.45) is 4.99 Å². The third-order valence-corrected chi connectivity index (χ3v) is 4.75. The minimum absolute atomic E-state index is 0.689.